The molecule has 1 aliphatic heterocycles. The van der Waals surface area contributed by atoms with E-state index in [0.717, 1.165) is 32.2 Å². The highest BCUT2D eigenvalue weighted by Gasteiger charge is 2.16. The summed E-state index contributed by atoms with van der Waals surface area (Å²) in [5.74, 6) is 1.14. The number of rotatable bonds is 7. The Morgan fingerprint density at radius 2 is 2.04 bits per heavy atom. The van der Waals surface area contributed by atoms with Crippen molar-refractivity contribution < 1.29 is 14.3 Å². The first kappa shape index (κ1) is 16.4. The molecule has 0 N–H and O–H groups in total. The minimum atomic E-state index is 0.526. The second-order valence-corrected chi connectivity index (χ2v) is 5.92. The number of hydrogen-bond donors (Lipinski definition) is 0. The van der Waals surface area contributed by atoms with Gasteiger partial charge in [-0.2, -0.15) is 0 Å². The molecule has 0 amide bonds. The Balaban J connectivity index is 1.58. The quantitative estimate of drug-likeness (QED) is 0.574. The summed E-state index contributed by atoms with van der Waals surface area (Å²) in [5, 5.41) is 0. The fourth-order valence-electron chi connectivity index (χ4n) is 3.21. The van der Waals surface area contributed by atoms with Crippen LogP contribution in [0.3, 0.4) is 0 Å². The van der Waals surface area contributed by atoms with Crippen molar-refractivity contribution in [3.63, 3.8) is 0 Å². The molecule has 2 aromatic rings. The van der Waals surface area contributed by atoms with Gasteiger partial charge in [0.25, 0.3) is 0 Å². The number of benzene rings is 2. The molecule has 0 spiro atoms. The molecule has 0 saturated carbocycles. The molecule has 4 nitrogen and oxygen atoms in total. The molecule has 4 heteroatoms. The number of para-hydroxylation sites is 2. The number of fused-ring (bicyclic) bond motifs is 1. The number of aldehydes is 1. The van der Waals surface area contributed by atoms with Crippen molar-refractivity contribution in [1.82, 2.24) is 0 Å². The van der Waals surface area contributed by atoms with Crippen molar-refractivity contribution in [2.24, 2.45) is 0 Å². The maximum absolute atomic E-state index is 11.2. The SMILES string of the molecule is COc1cccc(C=O)c1OCCCN1CCCc2ccccc21. The van der Waals surface area contributed by atoms with Crippen molar-refractivity contribution in [3.05, 3.63) is 53.6 Å². The first-order chi connectivity index (χ1) is 11.8. The van der Waals surface area contributed by atoms with Crippen LogP contribution in [0.2, 0.25) is 0 Å². The molecule has 3 rings (SSSR count). The van der Waals surface area contributed by atoms with E-state index in [2.05, 4.69) is 29.2 Å². The topological polar surface area (TPSA) is 38.8 Å². The number of hydrogen-bond acceptors (Lipinski definition) is 4. The Hall–Kier alpha value is -2.49. The molecule has 126 valence electrons. The van der Waals surface area contributed by atoms with Gasteiger partial charge in [-0.3, -0.25) is 4.79 Å². The largest absolute Gasteiger partial charge is 0.493 e. The van der Waals surface area contributed by atoms with E-state index in [1.165, 1.54) is 17.7 Å². The van der Waals surface area contributed by atoms with Crippen molar-refractivity contribution >= 4 is 12.0 Å². The summed E-state index contributed by atoms with van der Waals surface area (Å²) in [6.07, 6.45) is 4.05. The first-order valence-electron chi connectivity index (χ1n) is 8.41. The standard InChI is InChI=1S/C20H23NO3/c1-23-19-11-4-8-17(15-22)20(19)24-14-6-13-21-12-5-9-16-7-2-3-10-18(16)21/h2-4,7-8,10-11,15H,5-6,9,12-14H2,1H3. The van der Waals surface area contributed by atoms with Gasteiger partial charge < -0.3 is 14.4 Å². The van der Waals surface area contributed by atoms with Gasteiger partial charge in [-0.15, -0.1) is 0 Å². The number of ether oxygens (including phenoxy) is 2. The van der Waals surface area contributed by atoms with Crippen molar-refractivity contribution in [2.45, 2.75) is 19.3 Å². The van der Waals surface area contributed by atoms with Crippen LogP contribution in [0, 0.1) is 0 Å². The Morgan fingerprint density at radius 1 is 1.17 bits per heavy atom. The molecule has 0 fully saturated rings. The van der Waals surface area contributed by atoms with E-state index in [1.54, 1.807) is 19.2 Å². The number of anilines is 1. The number of methoxy groups -OCH3 is 1. The van der Waals surface area contributed by atoms with Gasteiger partial charge in [0.15, 0.2) is 17.8 Å². The van der Waals surface area contributed by atoms with Gasteiger partial charge in [0.1, 0.15) is 0 Å². The zero-order chi connectivity index (χ0) is 16.8. The third kappa shape index (κ3) is 3.53. The van der Waals surface area contributed by atoms with Crippen LogP contribution in [0.4, 0.5) is 5.69 Å². The highest BCUT2D eigenvalue weighted by Crippen LogP contribution is 2.30. The summed E-state index contributed by atoms with van der Waals surface area (Å²) in [7, 11) is 1.58. The highest BCUT2D eigenvalue weighted by atomic mass is 16.5. The fraction of sp³-hybridized carbons (Fsp3) is 0.350. The van der Waals surface area contributed by atoms with Gasteiger partial charge in [-0.05, 0) is 43.0 Å². The molecule has 0 unspecified atom stereocenters. The number of aryl methyl sites for hydroxylation is 1. The van der Waals surface area contributed by atoms with E-state index >= 15 is 0 Å². The molecule has 0 aromatic heterocycles. The Morgan fingerprint density at radius 3 is 2.88 bits per heavy atom. The fourth-order valence-corrected chi connectivity index (χ4v) is 3.21. The lowest BCUT2D eigenvalue weighted by Gasteiger charge is -2.31. The molecule has 0 saturated heterocycles. The first-order valence-corrected chi connectivity index (χ1v) is 8.41. The van der Waals surface area contributed by atoms with Crippen molar-refractivity contribution in [1.29, 1.82) is 0 Å². The van der Waals surface area contributed by atoms with Gasteiger partial charge in [-0.1, -0.05) is 24.3 Å². The molecule has 24 heavy (non-hydrogen) atoms. The Bertz CT molecular complexity index is 699. The predicted molar refractivity (Wildman–Crippen MR) is 95.5 cm³/mol. The predicted octanol–water partition coefficient (Wildman–Crippen LogP) is 3.73. The van der Waals surface area contributed by atoms with Crippen LogP contribution in [-0.2, 0) is 6.42 Å². The molecule has 1 aliphatic rings. The second-order valence-electron chi connectivity index (χ2n) is 5.92. The monoisotopic (exact) mass is 325 g/mol. The molecule has 1 heterocycles. The van der Waals surface area contributed by atoms with Crippen LogP contribution in [0.15, 0.2) is 42.5 Å². The third-order valence-corrected chi connectivity index (χ3v) is 4.38. The average Bonchev–Trinajstić information content (AvgIpc) is 2.65. The van der Waals surface area contributed by atoms with Crippen LogP contribution >= 0.6 is 0 Å². The highest BCUT2D eigenvalue weighted by molar-refractivity contribution is 5.81. The van der Waals surface area contributed by atoms with Crippen LogP contribution in [0.1, 0.15) is 28.8 Å². The van der Waals surface area contributed by atoms with Crippen molar-refractivity contribution in [3.8, 4) is 11.5 Å². The lowest BCUT2D eigenvalue weighted by atomic mass is 10.0. The summed E-state index contributed by atoms with van der Waals surface area (Å²) < 4.78 is 11.1. The molecular weight excluding hydrogens is 302 g/mol. The van der Waals surface area contributed by atoms with E-state index in [0.29, 0.717) is 23.7 Å². The molecule has 0 radical (unpaired) electrons. The van der Waals surface area contributed by atoms with Gasteiger partial charge >= 0.3 is 0 Å². The van der Waals surface area contributed by atoms with Crippen molar-refractivity contribution in [2.75, 3.05) is 31.7 Å². The maximum Gasteiger partial charge on any atom is 0.171 e. The van der Waals surface area contributed by atoms with Crippen LogP contribution in [0.25, 0.3) is 0 Å². The summed E-state index contributed by atoms with van der Waals surface area (Å²) in [5.41, 5.74) is 3.30. The third-order valence-electron chi connectivity index (χ3n) is 4.38. The van der Waals surface area contributed by atoms with E-state index in [4.69, 9.17) is 9.47 Å². The van der Waals surface area contributed by atoms with E-state index in [1.807, 2.05) is 6.07 Å². The van der Waals surface area contributed by atoms with Gasteiger partial charge in [-0.25, -0.2) is 0 Å². The zero-order valence-corrected chi connectivity index (χ0v) is 14.0. The maximum atomic E-state index is 11.2. The minimum absolute atomic E-state index is 0.526. The average molecular weight is 325 g/mol. The van der Waals surface area contributed by atoms with E-state index < -0.39 is 0 Å². The van der Waals surface area contributed by atoms with Gasteiger partial charge in [0, 0.05) is 18.8 Å². The van der Waals surface area contributed by atoms with Gasteiger partial charge in [0.05, 0.1) is 19.3 Å². The van der Waals surface area contributed by atoms with Crippen LogP contribution in [-0.4, -0.2) is 33.1 Å². The summed E-state index contributed by atoms with van der Waals surface area (Å²) in [6.45, 7) is 2.59. The van der Waals surface area contributed by atoms with Crippen LogP contribution < -0.4 is 14.4 Å². The van der Waals surface area contributed by atoms with Crippen LogP contribution in [0.5, 0.6) is 11.5 Å². The Labute approximate surface area is 143 Å². The van der Waals surface area contributed by atoms with Gasteiger partial charge in [0.2, 0.25) is 0 Å². The number of nitrogens with zero attached hydrogens (tertiary/aromatic N) is 1. The normalized spacial score (nSPS) is 13.3. The Kier molecular flexibility index (Phi) is 5.36. The minimum Gasteiger partial charge on any atom is -0.493 e. The molecule has 0 atom stereocenters. The molecule has 0 bridgehead atoms. The van der Waals surface area contributed by atoms with E-state index in [-0.39, 0.29) is 0 Å². The molecular formula is C20H23NO3. The zero-order valence-electron chi connectivity index (χ0n) is 14.0. The summed E-state index contributed by atoms with van der Waals surface area (Å²) >= 11 is 0. The number of carbonyl (C=O) groups is 1. The molecule has 2 aromatic carbocycles. The van der Waals surface area contributed by atoms with E-state index in [9.17, 15) is 4.79 Å². The molecule has 0 aliphatic carbocycles. The lowest BCUT2D eigenvalue weighted by molar-refractivity contribution is 0.111. The lowest BCUT2D eigenvalue weighted by Crippen LogP contribution is -2.31. The summed E-state index contributed by atoms with van der Waals surface area (Å²) in [6, 6.07) is 13.9. The second kappa shape index (κ2) is 7.86. The smallest absolute Gasteiger partial charge is 0.171 e. The number of carbonyl (C=O) groups excluding carboxylic acids is 1. The summed E-state index contributed by atoms with van der Waals surface area (Å²) in [4.78, 5) is 13.6.